The van der Waals surface area contributed by atoms with Crippen LogP contribution in [0.4, 0.5) is 0 Å². The molecule has 0 saturated heterocycles. The molecule has 3 heteroatoms. The molecule has 1 aromatic carbocycles. The van der Waals surface area contributed by atoms with Gasteiger partial charge in [0.25, 0.3) is 0 Å². The molecule has 0 aromatic heterocycles. The van der Waals surface area contributed by atoms with Crippen molar-refractivity contribution < 1.29 is 4.74 Å². The fourth-order valence-corrected chi connectivity index (χ4v) is 1.60. The van der Waals surface area contributed by atoms with E-state index in [4.69, 9.17) is 16.3 Å². The Hall–Kier alpha value is -0.730. The first-order valence-electron chi connectivity index (χ1n) is 5.77. The first-order valence-corrected chi connectivity index (χ1v) is 6.14. The molecule has 0 saturated carbocycles. The predicted octanol–water partition coefficient (Wildman–Crippen LogP) is 3.42. The van der Waals surface area contributed by atoms with Crippen LogP contribution in [0, 0.1) is 6.92 Å². The second-order valence-electron chi connectivity index (χ2n) is 4.04. The van der Waals surface area contributed by atoms with Crippen molar-refractivity contribution in [2.75, 3.05) is 13.1 Å². The Bertz CT molecular complexity index is 328. The third kappa shape index (κ3) is 4.42. The summed E-state index contributed by atoms with van der Waals surface area (Å²) in [6, 6.07) is 5.72. The van der Waals surface area contributed by atoms with Gasteiger partial charge in [-0.15, -0.1) is 0 Å². The molecule has 0 heterocycles. The van der Waals surface area contributed by atoms with Crippen molar-refractivity contribution in [3.05, 3.63) is 28.8 Å². The predicted molar refractivity (Wildman–Crippen MR) is 69.4 cm³/mol. The quantitative estimate of drug-likeness (QED) is 0.771. The minimum absolute atomic E-state index is 0.156. The summed E-state index contributed by atoms with van der Waals surface area (Å²) in [7, 11) is 0. The highest BCUT2D eigenvalue weighted by molar-refractivity contribution is 6.30. The summed E-state index contributed by atoms with van der Waals surface area (Å²) >= 11 is 5.93. The lowest BCUT2D eigenvalue weighted by atomic mass is 10.2. The lowest BCUT2D eigenvalue weighted by molar-refractivity contribution is 0.216. The molecule has 0 amide bonds. The molecule has 0 fully saturated rings. The Kier molecular flexibility index (Phi) is 5.64. The maximum absolute atomic E-state index is 5.93. The molecule has 0 radical (unpaired) electrons. The largest absolute Gasteiger partial charge is 0.489 e. The van der Waals surface area contributed by atoms with Gasteiger partial charge in [0.2, 0.25) is 0 Å². The van der Waals surface area contributed by atoms with Crippen molar-refractivity contribution in [2.24, 2.45) is 0 Å². The Morgan fingerprint density at radius 3 is 2.88 bits per heavy atom. The van der Waals surface area contributed by atoms with Crippen molar-refractivity contribution in [2.45, 2.75) is 33.3 Å². The molecule has 1 unspecified atom stereocenters. The molecule has 1 N–H and O–H groups in total. The first kappa shape index (κ1) is 13.3. The van der Waals surface area contributed by atoms with E-state index in [-0.39, 0.29) is 6.10 Å². The van der Waals surface area contributed by atoms with Gasteiger partial charge in [-0.05, 0) is 44.5 Å². The lowest BCUT2D eigenvalue weighted by Gasteiger charge is -2.17. The van der Waals surface area contributed by atoms with E-state index in [0.29, 0.717) is 5.02 Å². The molecule has 0 spiro atoms. The lowest BCUT2D eigenvalue weighted by Crippen LogP contribution is -2.29. The highest BCUT2D eigenvalue weighted by Crippen LogP contribution is 2.23. The van der Waals surface area contributed by atoms with E-state index < -0.39 is 0 Å². The second-order valence-corrected chi connectivity index (χ2v) is 4.48. The summed E-state index contributed by atoms with van der Waals surface area (Å²) in [5.41, 5.74) is 1.12. The maximum Gasteiger partial charge on any atom is 0.124 e. The smallest absolute Gasteiger partial charge is 0.124 e. The number of ether oxygens (including phenoxy) is 1. The van der Waals surface area contributed by atoms with Crippen LogP contribution in [-0.4, -0.2) is 19.2 Å². The Morgan fingerprint density at radius 2 is 2.19 bits per heavy atom. The molecule has 2 nitrogen and oxygen atoms in total. The first-order chi connectivity index (χ1) is 7.63. The van der Waals surface area contributed by atoms with Crippen LogP contribution < -0.4 is 10.1 Å². The van der Waals surface area contributed by atoms with Crippen molar-refractivity contribution in [3.8, 4) is 5.75 Å². The molecule has 0 aliphatic carbocycles. The Labute approximate surface area is 103 Å². The number of benzene rings is 1. The molecule has 0 bridgehead atoms. The summed E-state index contributed by atoms with van der Waals surface area (Å²) in [6.07, 6.45) is 1.30. The monoisotopic (exact) mass is 241 g/mol. The molecule has 1 rings (SSSR count). The molecular formula is C13H20ClNO. The summed E-state index contributed by atoms with van der Waals surface area (Å²) in [5, 5.41) is 4.05. The van der Waals surface area contributed by atoms with Crippen molar-refractivity contribution in [3.63, 3.8) is 0 Å². The second kappa shape index (κ2) is 6.77. The SMILES string of the molecule is CCCNCC(C)Oc1cc(Cl)ccc1C. The van der Waals surface area contributed by atoms with Gasteiger partial charge >= 0.3 is 0 Å². The van der Waals surface area contributed by atoms with Crippen LogP contribution in [0.2, 0.25) is 5.02 Å². The normalized spacial score (nSPS) is 12.5. The average Bonchev–Trinajstić information content (AvgIpc) is 2.24. The number of rotatable bonds is 6. The Balaban J connectivity index is 2.48. The molecule has 16 heavy (non-hydrogen) atoms. The van der Waals surface area contributed by atoms with Crippen LogP contribution in [0.5, 0.6) is 5.75 Å². The van der Waals surface area contributed by atoms with E-state index in [1.165, 1.54) is 0 Å². The zero-order valence-corrected chi connectivity index (χ0v) is 11.0. The van der Waals surface area contributed by atoms with Gasteiger partial charge in [0.15, 0.2) is 0 Å². The van der Waals surface area contributed by atoms with E-state index in [9.17, 15) is 0 Å². The molecule has 1 atom stereocenters. The Morgan fingerprint density at radius 1 is 1.44 bits per heavy atom. The van der Waals surface area contributed by atoms with Gasteiger partial charge in [-0.2, -0.15) is 0 Å². The number of hydrogen-bond donors (Lipinski definition) is 1. The highest BCUT2D eigenvalue weighted by Gasteiger charge is 2.06. The van der Waals surface area contributed by atoms with E-state index in [1.54, 1.807) is 0 Å². The van der Waals surface area contributed by atoms with Crippen molar-refractivity contribution in [1.29, 1.82) is 0 Å². The van der Waals surface area contributed by atoms with Crippen LogP contribution in [0.25, 0.3) is 0 Å². The summed E-state index contributed by atoms with van der Waals surface area (Å²) in [5.74, 6) is 0.873. The van der Waals surface area contributed by atoms with Crippen LogP contribution in [0.3, 0.4) is 0 Å². The van der Waals surface area contributed by atoms with Gasteiger partial charge in [-0.3, -0.25) is 0 Å². The van der Waals surface area contributed by atoms with Gasteiger partial charge < -0.3 is 10.1 Å². The molecular weight excluding hydrogens is 222 g/mol. The topological polar surface area (TPSA) is 21.3 Å². The number of nitrogens with one attached hydrogen (secondary N) is 1. The van der Waals surface area contributed by atoms with Crippen LogP contribution in [-0.2, 0) is 0 Å². The van der Waals surface area contributed by atoms with Crippen LogP contribution in [0.1, 0.15) is 25.8 Å². The minimum Gasteiger partial charge on any atom is -0.489 e. The van der Waals surface area contributed by atoms with E-state index in [0.717, 1.165) is 30.8 Å². The third-order valence-corrected chi connectivity index (χ3v) is 2.57. The molecule has 0 aliphatic heterocycles. The minimum atomic E-state index is 0.156. The summed E-state index contributed by atoms with van der Waals surface area (Å²) in [6.45, 7) is 8.13. The highest BCUT2D eigenvalue weighted by atomic mass is 35.5. The van der Waals surface area contributed by atoms with Gasteiger partial charge in [0.05, 0.1) is 0 Å². The zero-order valence-electron chi connectivity index (χ0n) is 10.2. The van der Waals surface area contributed by atoms with E-state index in [1.807, 2.05) is 25.1 Å². The number of halogens is 1. The average molecular weight is 242 g/mol. The maximum atomic E-state index is 5.93. The zero-order chi connectivity index (χ0) is 12.0. The molecule has 90 valence electrons. The van der Waals surface area contributed by atoms with Crippen LogP contribution in [0.15, 0.2) is 18.2 Å². The number of aryl methyl sites for hydroxylation is 1. The van der Waals surface area contributed by atoms with E-state index in [2.05, 4.69) is 19.2 Å². The fourth-order valence-electron chi connectivity index (χ4n) is 1.44. The van der Waals surface area contributed by atoms with Gasteiger partial charge in [0, 0.05) is 11.6 Å². The van der Waals surface area contributed by atoms with Crippen molar-refractivity contribution in [1.82, 2.24) is 5.32 Å². The third-order valence-electron chi connectivity index (χ3n) is 2.34. The van der Waals surface area contributed by atoms with Gasteiger partial charge in [0.1, 0.15) is 11.9 Å². The van der Waals surface area contributed by atoms with E-state index >= 15 is 0 Å². The fraction of sp³-hybridized carbons (Fsp3) is 0.538. The molecule has 0 aliphatic rings. The van der Waals surface area contributed by atoms with Crippen LogP contribution >= 0.6 is 11.6 Å². The van der Waals surface area contributed by atoms with Crippen molar-refractivity contribution >= 4 is 11.6 Å². The molecule has 1 aromatic rings. The number of hydrogen-bond acceptors (Lipinski definition) is 2. The summed E-state index contributed by atoms with van der Waals surface area (Å²) in [4.78, 5) is 0. The van der Waals surface area contributed by atoms with Gasteiger partial charge in [-0.1, -0.05) is 24.6 Å². The summed E-state index contributed by atoms with van der Waals surface area (Å²) < 4.78 is 5.83. The standard InChI is InChI=1S/C13H20ClNO/c1-4-7-15-9-11(3)16-13-8-12(14)6-5-10(13)2/h5-6,8,11,15H,4,7,9H2,1-3H3. The van der Waals surface area contributed by atoms with Gasteiger partial charge in [-0.25, -0.2) is 0 Å².